The first-order valence-corrected chi connectivity index (χ1v) is 11.1. The first-order chi connectivity index (χ1) is 13.4. The van der Waals surface area contributed by atoms with Gasteiger partial charge in [-0.25, -0.2) is 8.42 Å². The molecule has 0 unspecified atom stereocenters. The van der Waals surface area contributed by atoms with Crippen molar-refractivity contribution in [1.29, 1.82) is 0 Å². The van der Waals surface area contributed by atoms with Gasteiger partial charge >= 0.3 is 0 Å². The highest BCUT2D eigenvalue weighted by Crippen LogP contribution is 2.28. The topological polar surface area (TPSA) is 78.5 Å². The van der Waals surface area contributed by atoms with Gasteiger partial charge in [0.05, 0.1) is 10.5 Å². The van der Waals surface area contributed by atoms with Crippen molar-refractivity contribution in [2.75, 3.05) is 29.3 Å². The SMILES string of the molecule is CC(C)CNC(=O)c1cc(NS(=O)(=O)c2ccccc2)ccc1N1CCCC1. The Labute approximate surface area is 167 Å². The third-order valence-electron chi connectivity index (χ3n) is 4.66. The van der Waals surface area contributed by atoms with Gasteiger partial charge in [0.1, 0.15) is 0 Å². The first kappa shape index (κ1) is 20.2. The Morgan fingerprint density at radius 1 is 1.07 bits per heavy atom. The van der Waals surface area contributed by atoms with Crippen molar-refractivity contribution in [2.45, 2.75) is 31.6 Å². The van der Waals surface area contributed by atoms with Gasteiger partial charge < -0.3 is 10.2 Å². The lowest BCUT2D eigenvalue weighted by Gasteiger charge is -2.22. The van der Waals surface area contributed by atoms with Gasteiger partial charge in [-0.05, 0) is 49.1 Å². The Hall–Kier alpha value is -2.54. The van der Waals surface area contributed by atoms with E-state index in [1.165, 1.54) is 12.1 Å². The maximum Gasteiger partial charge on any atom is 0.261 e. The Kier molecular flexibility index (Phi) is 6.24. The van der Waals surface area contributed by atoms with Crippen LogP contribution in [0.25, 0.3) is 0 Å². The van der Waals surface area contributed by atoms with Gasteiger partial charge in [0.25, 0.3) is 15.9 Å². The van der Waals surface area contributed by atoms with Crippen molar-refractivity contribution in [3.63, 3.8) is 0 Å². The molecular weight excluding hydrogens is 374 g/mol. The summed E-state index contributed by atoms with van der Waals surface area (Å²) in [5.41, 5.74) is 1.72. The normalized spacial score (nSPS) is 14.3. The van der Waals surface area contributed by atoms with E-state index < -0.39 is 10.0 Å². The van der Waals surface area contributed by atoms with Gasteiger partial charge in [-0.3, -0.25) is 9.52 Å². The van der Waals surface area contributed by atoms with Crippen LogP contribution in [0.1, 0.15) is 37.0 Å². The van der Waals surface area contributed by atoms with Gasteiger partial charge in [0, 0.05) is 31.0 Å². The molecule has 1 heterocycles. The van der Waals surface area contributed by atoms with Crippen molar-refractivity contribution < 1.29 is 13.2 Å². The smallest absolute Gasteiger partial charge is 0.261 e. The molecule has 2 aromatic rings. The van der Waals surface area contributed by atoms with E-state index in [1.54, 1.807) is 30.3 Å². The second-order valence-corrected chi connectivity index (χ2v) is 9.13. The molecule has 0 spiro atoms. The average molecular weight is 402 g/mol. The van der Waals surface area contributed by atoms with E-state index in [2.05, 4.69) is 14.9 Å². The largest absolute Gasteiger partial charge is 0.371 e. The summed E-state index contributed by atoms with van der Waals surface area (Å²) >= 11 is 0. The molecule has 1 aliphatic heterocycles. The summed E-state index contributed by atoms with van der Waals surface area (Å²) in [7, 11) is -3.71. The molecule has 0 aromatic heterocycles. The molecule has 150 valence electrons. The number of amides is 1. The zero-order valence-corrected chi connectivity index (χ0v) is 17.1. The molecule has 0 saturated carbocycles. The molecule has 2 aromatic carbocycles. The number of rotatable bonds is 7. The standard InChI is InChI=1S/C21H27N3O3S/c1-16(2)15-22-21(25)19-14-17(10-11-20(19)24-12-6-7-13-24)23-28(26,27)18-8-4-3-5-9-18/h3-5,8-11,14,16,23H,6-7,12-13,15H2,1-2H3,(H,22,25). The Morgan fingerprint density at radius 3 is 2.39 bits per heavy atom. The number of benzene rings is 2. The van der Waals surface area contributed by atoms with Crippen molar-refractivity contribution in [3.05, 3.63) is 54.1 Å². The highest BCUT2D eigenvalue weighted by molar-refractivity contribution is 7.92. The minimum absolute atomic E-state index is 0.184. The van der Waals surface area contributed by atoms with Crippen LogP contribution in [-0.2, 0) is 10.0 Å². The fourth-order valence-electron chi connectivity index (χ4n) is 3.22. The molecule has 0 aliphatic carbocycles. The summed E-state index contributed by atoms with van der Waals surface area (Å²) in [6, 6.07) is 13.4. The number of nitrogens with zero attached hydrogens (tertiary/aromatic N) is 1. The zero-order valence-electron chi connectivity index (χ0n) is 16.3. The number of hydrogen-bond acceptors (Lipinski definition) is 4. The summed E-state index contributed by atoms with van der Waals surface area (Å²) < 4.78 is 27.8. The van der Waals surface area contributed by atoms with Crippen LogP contribution in [0.15, 0.2) is 53.4 Å². The molecule has 1 saturated heterocycles. The van der Waals surface area contributed by atoms with Gasteiger partial charge in [0.15, 0.2) is 0 Å². The summed E-state index contributed by atoms with van der Waals surface area (Å²) in [6.07, 6.45) is 2.19. The molecule has 2 N–H and O–H groups in total. The minimum Gasteiger partial charge on any atom is -0.371 e. The van der Waals surface area contributed by atoms with E-state index in [0.717, 1.165) is 31.6 Å². The fraction of sp³-hybridized carbons (Fsp3) is 0.381. The first-order valence-electron chi connectivity index (χ1n) is 9.62. The highest BCUT2D eigenvalue weighted by atomic mass is 32.2. The van der Waals surface area contributed by atoms with Crippen molar-refractivity contribution in [2.24, 2.45) is 5.92 Å². The molecule has 0 atom stereocenters. The Morgan fingerprint density at radius 2 is 1.75 bits per heavy atom. The number of hydrogen-bond donors (Lipinski definition) is 2. The maximum atomic E-state index is 12.8. The second kappa shape index (κ2) is 8.65. The maximum absolute atomic E-state index is 12.8. The van der Waals surface area contributed by atoms with Crippen LogP contribution >= 0.6 is 0 Å². The third-order valence-corrected chi connectivity index (χ3v) is 6.06. The van der Waals surface area contributed by atoms with Crippen LogP contribution in [0.2, 0.25) is 0 Å². The lowest BCUT2D eigenvalue weighted by molar-refractivity contribution is 0.0949. The predicted molar refractivity (Wildman–Crippen MR) is 112 cm³/mol. The van der Waals surface area contributed by atoms with E-state index in [0.29, 0.717) is 23.7 Å². The summed E-state index contributed by atoms with van der Waals surface area (Å²) in [6.45, 7) is 6.44. The van der Waals surface area contributed by atoms with Gasteiger partial charge in [-0.15, -0.1) is 0 Å². The summed E-state index contributed by atoms with van der Waals surface area (Å²) in [5, 5.41) is 2.94. The Bertz CT molecular complexity index is 921. The lowest BCUT2D eigenvalue weighted by atomic mass is 10.1. The van der Waals surface area contributed by atoms with Gasteiger partial charge in [-0.1, -0.05) is 32.0 Å². The van der Waals surface area contributed by atoms with Gasteiger partial charge in [0.2, 0.25) is 0 Å². The van der Waals surface area contributed by atoms with E-state index in [-0.39, 0.29) is 10.8 Å². The van der Waals surface area contributed by atoms with Gasteiger partial charge in [-0.2, -0.15) is 0 Å². The molecular formula is C21H27N3O3S. The molecule has 0 radical (unpaired) electrons. The monoisotopic (exact) mass is 401 g/mol. The van der Waals surface area contributed by atoms with Crippen LogP contribution < -0.4 is 14.9 Å². The Balaban J connectivity index is 1.90. The number of sulfonamides is 1. The van der Waals surface area contributed by atoms with E-state index in [4.69, 9.17) is 0 Å². The molecule has 7 heteroatoms. The highest BCUT2D eigenvalue weighted by Gasteiger charge is 2.21. The van der Waals surface area contributed by atoms with E-state index in [1.807, 2.05) is 19.9 Å². The molecule has 0 bridgehead atoms. The number of anilines is 2. The number of carbonyl (C=O) groups excluding carboxylic acids is 1. The fourth-order valence-corrected chi connectivity index (χ4v) is 4.29. The lowest BCUT2D eigenvalue weighted by Crippen LogP contribution is -2.30. The third kappa shape index (κ3) is 4.84. The predicted octanol–water partition coefficient (Wildman–Crippen LogP) is 3.47. The number of nitrogens with one attached hydrogen (secondary N) is 2. The average Bonchev–Trinajstić information content (AvgIpc) is 3.21. The molecule has 1 aliphatic rings. The van der Waals surface area contributed by atoms with E-state index in [9.17, 15) is 13.2 Å². The molecule has 1 amide bonds. The van der Waals surface area contributed by atoms with Crippen LogP contribution in [0.5, 0.6) is 0 Å². The quantitative estimate of drug-likeness (QED) is 0.745. The number of carbonyl (C=O) groups is 1. The van der Waals surface area contributed by atoms with Crippen molar-refractivity contribution in [1.82, 2.24) is 5.32 Å². The molecule has 28 heavy (non-hydrogen) atoms. The zero-order chi connectivity index (χ0) is 20.1. The van der Waals surface area contributed by atoms with Crippen LogP contribution in [0, 0.1) is 5.92 Å². The van der Waals surface area contributed by atoms with Crippen LogP contribution in [0.3, 0.4) is 0 Å². The molecule has 6 nitrogen and oxygen atoms in total. The summed E-state index contributed by atoms with van der Waals surface area (Å²) in [5.74, 6) is 0.148. The van der Waals surface area contributed by atoms with Crippen LogP contribution in [0.4, 0.5) is 11.4 Å². The molecule has 3 rings (SSSR count). The van der Waals surface area contributed by atoms with E-state index >= 15 is 0 Å². The van der Waals surface area contributed by atoms with Crippen LogP contribution in [-0.4, -0.2) is 34.0 Å². The molecule has 1 fully saturated rings. The van der Waals surface area contributed by atoms with Crippen molar-refractivity contribution in [3.8, 4) is 0 Å². The minimum atomic E-state index is -3.71. The second-order valence-electron chi connectivity index (χ2n) is 7.45. The van der Waals surface area contributed by atoms with Crippen molar-refractivity contribution >= 4 is 27.3 Å². The summed E-state index contributed by atoms with van der Waals surface area (Å²) in [4.78, 5) is 15.2.